The Balaban J connectivity index is 2.25. The number of H-pyrrole nitrogens is 1. The summed E-state index contributed by atoms with van der Waals surface area (Å²) in [5, 5.41) is 7.51. The summed E-state index contributed by atoms with van der Waals surface area (Å²) in [4.78, 5) is 2.30. The standard InChI is InChI=1S/C14H26N4S2/c1-4-11(10-20-3)17(2)13-15-16-14(19)18(13)12-8-6-5-7-9-12/h11-12H,4-10H2,1-3H3,(H,16,19). The molecule has 1 aliphatic carbocycles. The van der Waals surface area contributed by atoms with Gasteiger partial charge in [0.15, 0.2) is 4.77 Å². The molecule has 114 valence electrons. The molecule has 1 aliphatic rings. The summed E-state index contributed by atoms with van der Waals surface area (Å²) >= 11 is 7.36. The fraction of sp³-hybridized carbons (Fsp3) is 0.857. The Morgan fingerprint density at radius 2 is 2.15 bits per heavy atom. The lowest BCUT2D eigenvalue weighted by molar-refractivity contribution is 0.349. The van der Waals surface area contributed by atoms with Crippen molar-refractivity contribution in [1.29, 1.82) is 0 Å². The first kappa shape index (κ1) is 15.9. The maximum absolute atomic E-state index is 5.47. The zero-order valence-corrected chi connectivity index (χ0v) is 14.4. The number of aromatic amines is 1. The van der Waals surface area contributed by atoms with Crippen LogP contribution in [0.25, 0.3) is 0 Å². The van der Waals surface area contributed by atoms with E-state index in [1.54, 1.807) is 0 Å². The number of anilines is 1. The first-order chi connectivity index (χ1) is 9.69. The van der Waals surface area contributed by atoms with Crippen LogP contribution in [0.3, 0.4) is 0 Å². The zero-order chi connectivity index (χ0) is 14.5. The van der Waals surface area contributed by atoms with Crippen LogP contribution in [0.4, 0.5) is 5.95 Å². The highest BCUT2D eigenvalue weighted by Gasteiger charge is 2.24. The monoisotopic (exact) mass is 314 g/mol. The molecule has 0 bridgehead atoms. The second kappa shape index (κ2) is 7.50. The van der Waals surface area contributed by atoms with E-state index in [4.69, 9.17) is 12.2 Å². The molecule has 1 atom stereocenters. The number of nitrogens with zero attached hydrogens (tertiary/aromatic N) is 3. The molecule has 0 radical (unpaired) electrons. The molecule has 1 aromatic rings. The van der Waals surface area contributed by atoms with Gasteiger partial charge in [-0.25, -0.2) is 5.10 Å². The SMILES string of the molecule is CCC(CSC)N(C)c1n[nH]c(=S)n1C1CCCCC1. The molecule has 1 heterocycles. The number of rotatable bonds is 6. The normalized spacial score (nSPS) is 18.1. The summed E-state index contributed by atoms with van der Waals surface area (Å²) in [6, 6.07) is 1.04. The highest BCUT2D eigenvalue weighted by Crippen LogP contribution is 2.31. The molecule has 1 fully saturated rings. The lowest BCUT2D eigenvalue weighted by Crippen LogP contribution is -2.36. The van der Waals surface area contributed by atoms with Crippen LogP contribution in [0.1, 0.15) is 51.5 Å². The summed E-state index contributed by atoms with van der Waals surface area (Å²) in [7, 11) is 2.15. The zero-order valence-electron chi connectivity index (χ0n) is 12.8. The number of hydrogen-bond donors (Lipinski definition) is 1. The molecule has 1 aromatic heterocycles. The second-order valence-electron chi connectivity index (χ2n) is 5.62. The highest BCUT2D eigenvalue weighted by atomic mass is 32.2. The van der Waals surface area contributed by atoms with Gasteiger partial charge in [-0.2, -0.15) is 11.8 Å². The van der Waals surface area contributed by atoms with Crippen molar-refractivity contribution in [1.82, 2.24) is 14.8 Å². The van der Waals surface area contributed by atoms with Crippen molar-refractivity contribution in [2.75, 3.05) is 24.0 Å². The van der Waals surface area contributed by atoms with Crippen molar-refractivity contribution in [2.24, 2.45) is 0 Å². The van der Waals surface area contributed by atoms with Crippen molar-refractivity contribution >= 4 is 29.9 Å². The Kier molecular flexibility index (Phi) is 5.96. The molecular weight excluding hydrogens is 288 g/mol. The van der Waals surface area contributed by atoms with Crippen LogP contribution >= 0.6 is 24.0 Å². The summed E-state index contributed by atoms with van der Waals surface area (Å²) in [6.07, 6.45) is 9.72. The molecule has 1 N–H and O–H groups in total. The Labute approximate surface area is 131 Å². The number of thioether (sulfide) groups is 1. The lowest BCUT2D eigenvalue weighted by Gasteiger charge is -2.31. The molecule has 0 aliphatic heterocycles. The van der Waals surface area contributed by atoms with E-state index in [1.165, 1.54) is 32.1 Å². The molecule has 20 heavy (non-hydrogen) atoms. The van der Waals surface area contributed by atoms with Gasteiger partial charge in [-0.1, -0.05) is 26.2 Å². The van der Waals surface area contributed by atoms with Crippen molar-refractivity contribution in [3.8, 4) is 0 Å². The van der Waals surface area contributed by atoms with Gasteiger partial charge in [0.25, 0.3) is 0 Å². The third-order valence-corrected chi connectivity index (χ3v) is 5.33. The highest BCUT2D eigenvalue weighted by molar-refractivity contribution is 7.98. The van der Waals surface area contributed by atoms with E-state index in [2.05, 4.69) is 39.9 Å². The lowest BCUT2D eigenvalue weighted by atomic mass is 9.95. The quantitative estimate of drug-likeness (QED) is 0.805. The molecule has 0 aromatic carbocycles. The number of nitrogens with one attached hydrogen (secondary N) is 1. The average Bonchev–Trinajstić information content (AvgIpc) is 2.86. The van der Waals surface area contributed by atoms with Crippen molar-refractivity contribution < 1.29 is 0 Å². The van der Waals surface area contributed by atoms with Gasteiger partial charge in [-0.15, -0.1) is 5.10 Å². The van der Waals surface area contributed by atoms with Crippen molar-refractivity contribution in [3.63, 3.8) is 0 Å². The minimum atomic E-state index is 0.512. The van der Waals surface area contributed by atoms with E-state index in [-0.39, 0.29) is 0 Å². The molecule has 0 spiro atoms. The molecule has 4 nitrogen and oxygen atoms in total. The molecular formula is C14H26N4S2. The molecule has 2 rings (SSSR count). The summed E-state index contributed by atoms with van der Waals surface area (Å²) in [5.74, 6) is 2.14. The summed E-state index contributed by atoms with van der Waals surface area (Å²) < 4.78 is 3.04. The van der Waals surface area contributed by atoms with Gasteiger partial charge in [0.05, 0.1) is 0 Å². The van der Waals surface area contributed by atoms with Crippen LogP contribution in [0, 0.1) is 4.77 Å². The van der Waals surface area contributed by atoms with E-state index < -0.39 is 0 Å². The van der Waals surface area contributed by atoms with Gasteiger partial charge in [-0.05, 0) is 37.7 Å². The van der Waals surface area contributed by atoms with Crippen LogP contribution in [0.5, 0.6) is 0 Å². The van der Waals surface area contributed by atoms with Gasteiger partial charge in [0.2, 0.25) is 5.95 Å². The van der Waals surface area contributed by atoms with Gasteiger partial charge in [0, 0.05) is 24.9 Å². The first-order valence-electron chi connectivity index (χ1n) is 7.57. The predicted octanol–water partition coefficient (Wildman–Crippen LogP) is 4.02. The Morgan fingerprint density at radius 1 is 1.45 bits per heavy atom. The Bertz CT molecular complexity index is 462. The van der Waals surface area contributed by atoms with Crippen LogP contribution in [0.2, 0.25) is 0 Å². The fourth-order valence-corrected chi connectivity index (χ4v) is 4.19. The van der Waals surface area contributed by atoms with Crippen LogP contribution in [0.15, 0.2) is 0 Å². The minimum Gasteiger partial charge on any atom is -0.340 e. The van der Waals surface area contributed by atoms with Gasteiger partial charge in [-0.3, -0.25) is 4.57 Å². The molecule has 1 unspecified atom stereocenters. The smallest absolute Gasteiger partial charge is 0.225 e. The van der Waals surface area contributed by atoms with Gasteiger partial charge < -0.3 is 4.90 Å². The predicted molar refractivity (Wildman–Crippen MR) is 90.4 cm³/mol. The number of aromatic nitrogens is 3. The van der Waals surface area contributed by atoms with Gasteiger partial charge in [0.1, 0.15) is 0 Å². The topological polar surface area (TPSA) is 36.9 Å². The van der Waals surface area contributed by atoms with E-state index in [0.29, 0.717) is 12.1 Å². The third-order valence-electron chi connectivity index (χ3n) is 4.32. The van der Waals surface area contributed by atoms with Crippen LogP contribution in [-0.2, 0) is 0 Å². The Morgan fingerprint density at radius 3 is 2.75 bits per heavy atom. The third kappa shape index (κ3) is 3.39. The second-order valence-corrected chi connectivity index (χ2v) is 6.92. The van der Waals surface area contributed by atoms with Gasteiger partial charge >= 0.3 is 0 Å². The minimum absolute atomic E-state index is 0.512. The molecule has 6 heteroatoms. The summed E-state index contributed by atoms with van der Waals surface area (Å²) in [6.45, 7) is 2.24. The maximum atomic E-state index is 5.47. The van der Waals surface area contributed by atoms with Crippen molar-refractivity contribution in [3.05, 3.63) is 4.77 Å². The van der Waals surface area contributed by atoms with E-state index >= 15 is 0 Å². The van der Waals surface area contributed by atoms with E-state index in [1.807, 2.05) is 11.8 Å². The molecule has 0 amide bonds. The molecule has 0 saturated heterocycles. The average molecular weight is 315 g/mol. The molecule has 1 saturated carbocycles. The number of hydrogen-bond acceptors (Lipinski definition) is 4. The van der Waals surface area contributed by atoms with Crippen LogP contribution < -0.4 is 4.90 Å². The van der Waals surface area contributed by atoms with E-state index in [9.17, 15) is 0 Å². The van der Waals surface area contributed by atoms with E-state index in [0.717, 1.165) is 22.9 Å². The maximum Gasteiger partial charge on any atom is 0.225 e. The largest absolute Gasteiger partial charge is 0.340 e. The summed E-state index contributed by atoms with van der Waals surface area (Å²) in [5.41, 5.74) is 0. The van der Waals surface area contributed by atoms with Crippen molar-refractivity contribution in [2.45, 2.75) is 57.5 Å². The Hall–Kier alpha value is -0.490. The first-order valence-corrected chi connectivity index (χ1v) is 9.37. The fourth-order valence-electron chi connectivity index (χ4n) is 3.07. The van der Waals surface area contributed by atoms with Crippen LogP contribution in [-0.4, -0.2) is 39.9 Å².